The van der Waals surface area contributed by atoms with Crippen LogP contribution in [-0.4, -0.2) is 20.1 Å². The number of hydrogen-bond acceptors (Lipinski definition) is 4. The largest absolute Gasteiger partial charge is 0.280 e. The minimum atomic E-state index is -0.430. The number of nitro groups is 1. The Morgan fingerprint density at radius 1 is 1.28 bits per heavy atom. The average molecular weight is 248 g/mol. The van der Waals surface area contributed by atoms with Crippen molar-refractivity contribution in [1.82, 2.24) is 15.2 Å². The number of rotatable bonds is 2. The van der Waals surface area contributed by atoms with Crippen molar-refractivity contribution in [2.75, 3.05) is 0 Å². The van der Waals surface area contributed by atoms with Crippen molar-refractivity contribution < 1.29 is 4.92 Å². The Balaban J connectivity index is 0.000000771. The number of H-pyrrole nitrogens is 1. The summed E-state index contributed by atoms with van der Waals surface area (Å²) in [7, 11) is 0. The predicted molar refractivity (Wildman–Crippen MR) is 69.3 cm³/mol. The van der Waals surface area contributed by atoms with Gasteiger partial charge in [0.15, 0.2) is 5.82 Å². The van der Waals surface area contributed by atoms with Gasteiger partial charge in [0, 0.05) is 6.07 Å². The Hall–Kier alpha value is -2.24. The first kappa shape index (κ1) is 13.8. The molecule has 6 nitrogen and oxygen atoms in total. The molecule has 0 fully saturated rings. The van der Waals surface area contributed by atoms with Gasteiger partial charge in [0.25, 0.3) is 5.69 Å². The van der Waals surface area contributed by atoms with Gasteiger partial charge < -0.3 is 0 Å². The molecule has 0 bridgehead atoms. The van der Waals surface area contributed by atoms with E-state index in [0.29, 0.717) is 17.2 Å². The smallest absolute Gasteiger partial charge is 0.263 e. The zero-order valence-electron chi connectivity index (χ0n) is 10.9. The standard InChI is InChI=1S/C10H10N4O2.C2H6/c1-6-3-4-9(14(15)16)8(5-6)10-11-7(2)12-13-10;1-2/h3-5H,1-2H3,(H,11,12,13);1-2H3. The molecule has 6 heteroatoms. The molecule has 1 aromatic heterocycles. The SMILES string of the molecule is CC.Cc1ccc([N+](=O)[O-])c(-c2n[nH]c(C)n2)c1. The van der Waals surface area contributed by atoms with Crippen LogP contribution in [-0.2, 0) is 0 Å². The molecule has 1 heterocycles. The first-order valence-corrected chi connectivity index (χ1v) is 5.72. The van der Waals surface area contributed by atoms with Gasteiger partial charge in [0.05, 0.1) is 10.5 Å². The van der Waals surface area contributed by atoms with Crippen LogP contribution in [0.4, 0.5) is 5.69 Å². The number of aryl methyl sites for hydroxylation is 2. The van der Waals surface area contributed by atoms with Crippen LogP contribution in [0.15, 0.2) is 18.2 Å². The van der Waals surface area contributed by atoms with Gasteiger partial charge in [0.2, 0.25) is 0 Å². The van der Waals surface area contributed by atoms with Gasteiger partial charge in [-0.2, -0.15) is 5.10 Å². The molecule has 1 aromatic carbocycles. The third kappa shape index (κ3) is 2.91. The maximum atomic E-state index is 10.9. The Kier molecular flexibility index (Phi) is 4.53. The zero-order valence-corrected chi connectivity index (χ0v) is 10.9. The van der Waals surface area contributed by atoms with E-state index in [9.17, 15) is 10.1 Å². The average Bonchev–Trinajstić information content (AvgIpc) is 2.78. The summed E-state index contributed by atoms with van der Waals surface area (Å²) in [6, 6.07) is 4.87. The van der Waals surface area contributed by atoms with Gasteiger partial charge in [-0.15, -0.1) is 0 Å². The van der Waals surface area contributed by atoms with Crippen molar-refractivity contribution >= 4 is 5.69 Å². The lowest BCUT2D eigenvalue weighted by molar-refractivity contribution is -0.384. The summed E-state index contributed by atoms with van der Waals surface area (Å²) in [5, 5.41) is 17.5. The molecule has 18 heavy (non-hydrogen) atoms. The van der Waals surface area contributed by atoms with E-state index in [-0.39, 0.29) is 5.69 Å². The summed E-state index contributed by atoms with van der Waals surface area (Å²) in [5.74, 6) is 0.985. The fourth-order valence-electron chi connectivity index (χ4n) is 1.45. The predicted octanol–water partition coefficient (Wildman–Crippen LogP) is 3.02. The molecule has 96 valence electrons. The summed E-state index contributed by atoms with van der Waals surface area (Å²) in [6.45, 7) is 7.62. The molecule has 0 radical (unpaired) electrons. The Morgan fingerprint density at radius 2 is 1.94 bits per heavy atom. The lowest BCUT2D eigenvalue weighted by atomic mass is 10.1. The van der Waals surface area contributed by atoms with Crippen LogP contribution in [0, 0.1) is 24.0 Å². The molecule has 0 aliphatic heterocycles. The topological polar surface area (TPSA) is 84.7 Å². The molecular formula is C12H16N4O2. The number of aromatic amines is 1. The second kappa shape index (κ2) is 5.90. The highest BCUT2D eigenvalue weighted by Gasteiger charge is 2.18. The van der Waals surface area contributed by atoms with Crippen molar-refractivity contribution in [3.05, 3.63) is 39.7 Å². The summed E-state index contributed by atoms with van der Waals surface area (Å²) < 4.78 is 0. The van der Waals surface area contributed by atoms with E-state index in [1.165, 1.54) is 6.07 Å². The molecule has 0 saturated heterocycles. The van der Waals surface area contributed by atoms with E-state index in [0.717, 1.165) is 5.56 Å². The summed E-state index contributed by atoms with van der Waals surface area (Å²) >= 11 is 0. The van der Waals surface area contributed by atoms with E-state index in [1.807, 2.05) is 20.8 Å². The van der Waals surface area contributed by atoms with Crippen LogP contribution in [0.1, 0.15) is 25.2 Å². The molecule has 0 aliphatic rings. The van der Waals surface area contributed by atoms with Crippen LogP contribution >= 0.6 is 0 Å². The monoisotopic (exact) mass is 248 g/mol. The molecule has 0 aliphatic carbocycles. The molecule has 0 saturated carbocycles. The maximum Gasteiger partial charge on any atom is 0.280 e. The second-order valence-electron chi connectivity index (χ2n) is 3.52. The van der Waals surface area contributed by atoms with E-state index >= 15 is 0 Å². The van der Waals surface area contributed by atoms with Crippen molar-refractivity contribution in [3.63, 3.8) is 0 Å². The highest BCUT2D eigenvalue weighted by atomic mass is 16.6. The lowest BCUT2D eigenvalue weighted by Crippen LogP contribution is -1.93. The molecule has 2 rings (SSSR count). The zero-order chi connectivity index (χ0) is 13.7. The normalized spacial score (nSPS) is 9.56. The number of nitro benzene ring substituents is 1. The molecule has 0 spiro atoms. The summed E-state index contributed by atoms with van der Waals surface area (Å²) in [4.78, 5) is 14.5. The first-order chi connectivity index (χ1) is 8.58. The van der Waals surface area contributed by atoms with Gasteiger partial charge >= 0.3 is 0 Å². The van der Waals surface area contributed by atoms with E-state index in [2.05, 4.69) is 15.2 Å². The number of benzene rings is 1. The number of nitrogens with one attached hydrogen (secondary N) is 1. The van der Waals surface area contributed by atoms with E-state index < -0.39 is 4.92 Å². The maximum absolute atomic E-state index is 10.9. The van der Waals surface area contributed by atoms with Gasteiger partial charge in [-0.25, -0.2) is 4.98 Å². The molecule has 2 aromatic rings. The van der Waals surface area contributed by atoms with Crippen LogP contribution in [0.25, 0.3) is 11.4 Å². The lowest BCUT2D eigenvalue weighted by Gasteiger charge is -1.99. The van der Waals surface area contributed by atoms with E-state index in [1.54, 1.807) is 19.1 Å². The highest BCUT2D eigenvalue weighted by Crippen LogP contribution is 2.27. The number of nitrogens with zero attached hydrogens (tertiary/aromatic N) is 3. The van der Waals surface area contributed by atoms with Crippen LogP contribution < -0.4 is 0 Å². The van der Waals surface area contributed by atoms with Gasteiger partial charge in [-0.1, -0.05) is 19.9 Å². The Bertz CT molecular complexity index is 549. The fraction of sp³-hybridized carbons (Fsp3) is 0.333. The third-order valence-corrected chi connectivity index (χ3v) is 2.19. The summed E-state index contributed by atoms with van der Waals surface area (Å²) in [6.07, 6.45) is 0. The molecule has 0 amide bonds. The minimum Gasteiger partial charge on any atom is -0.263 e. The number of hydrogen-bond donors (Lipinski definition) is 1. The van der Waals surface area contributed by atoms with E-state index in [4.69, 9.17) is 0 Å². The second-order valence-corrected chi connectivity index (χ2v) is 3.52. The van der Waals surface area contributed by atoms with Gasteiger partial charge in [0.1, 0.15) is 5.82 Å². The van der Waals surface area contributed by atoms with Crippen LogP contribution in [0.2, 0.25) is 0 Å². The Morgan fingerprint density at radius 3 is 2.44 bits per heavy atom. The van der Waals surface area contributed by atoms with Crippen molar-refractivity contribution in [2.24, 2.45) is 0 Å². The number of aromatic nitrogens is 3. The molecule has 1 N–H and O–H groups in total. The quantitative estimate of drug-likeness (QED) is 0.653. The fourth-order valence-corrected chi connectivity index (χ4v) is 1.45. The van der Waals surface area contributed by atoms with Crippen LogP contribution in [0.3, 0.4) is 0 Å². The van der Waals surface area contributed by atoms with Gasteiger partial charge in [-0.3, -0.25) is 15.2 Å². The van der Waals surface area contributed by atoms with Crippen molar-refractivity contribution in [2.45, 2.75) is 27.7 Å². The van der Waals surface area contributed by atoms with Gasteiger partial charge in [-0.05, 0) is 25.5 Å². The molecule has 0 atom stereocenters. The van der Waals surface area contributed by atoms with Crippen molar-refractivity contribution in [3.8, 4) is 11.4 Å². The van der Waals surface area contributed by atoms with Crippen molar-refractivity contribution in [1.29, 1.82) is 0 Å². The minimum absolute atomic E-state index is 0.0181. The molecular weight excluding hydrogens is 232 g/mol. The highest BCUT2D eigenvalue weighted by molar-refractivity contribution is 5.68. The van der Waals surface area contributed by atoms with Crippen LogP contribution in [0.5, 0.6) is 0 Å². The first-order valence-electron chi connectivity index (χ1n) is 5.72. The Labute approximate surface area is 105 Å². The third-order valence-electron chi connectivity index (χ3n) is 2.19. The molecule has 0 unspecified atom stereocenters. The summed E-state index contributed by atoms with van der Waals surface area (Å²) in [5.41, 5.74) is 1.39.